The van der Waals surface area contributed by atoms with Gasteiger partial charge < -0.3 is 5.73 Å². The molecule has 0 aromatic rings. The molecule has 0 atom stereocenters. The number of unbranched alkanes of at least 4 members (excludes halogenated alkanes) is 15. The first-order chi connectivity index (χ1) is 9.41. The quantitative estimate of drug-likeness (QED) is 0.299. The number of hydrogen-bond acceptors (Lipinski definition) is 0. The van der Waals surface area contributed by atoms with Gasteiger partial charge in [-0.05, 0) is 0 Å². The molecule has 0 amide bonds. The molecule has 0 aliphatic heterocycles. The van der Waals surface area contributed by atoms with Gasteiger partial charge in [0.25, 0.3) is 0 Å². The van der Waals surface area contributed by atoms with E-state index in [1.807, 2.05) is 0 Å². The van der Waals surface area contributed by atoms with Crippen LogP contribution in [0.5, 0.6) is 0 Å². The van der Waals surface area contributed by atoms with Crippen LogP contribution in [0.15, 0.2) is 0 Å². The van der Waals surface area contributed by atoms with E-state index in [4.69, 9.17) is 5.73 Å². The smallest absolute Gasteiger partial charge is 0.677 e. The molecule has 0 aliphatic carbocycles. The van der Waals surface area contributed by atoms with Gasteiger partial charge in [0.2, 0.25) is 0 Å². The standard InChI is InChI=1S/C18H38N.Na/c1-2-3-4-5-6-7-8-9-10-11-12-13-14-15-16-17-18-19;/h19H,2-18H2,1H3;/q-1;+1. The van der Waals surface area contributed by atoms with E-state index in [-0.39, 0.29) is 29.6 Å². The predicted molar refractivity (Wildman–Crippen MR) is 88.7 cm³/mol. The Morgan fingerprint density at radius 3 is 0.950 bits per heavy atom. The Balaban J connectivity index is 0. The second kappa shape index (κ2) is 22.2. The van der Waals surface area contributed by atoms with Crippen LogP contribution < -0.4 is 29.6 Å². The molecule has 0 aromatic heterocycles. The van der Waals surface area contributed by atoms with Crippen molar-refractivity contribution in [1.82, 2.24) is 0 Å². The largest absolute Gasteiger partial charge is 1.00 e. The van der Waals surface area contributed by atoms with E-state index in [9.17, 15) is 0 Å². The number of nitrogens with one attached hydrogen (secondary N) is 1. The molecule has 0 fully saturated rings. The molecule has 0 rings (SSSR count). The molecule has 0 bridgehead atoms. The number of hydrogen-bond donors (Lipinski definition) is 0. The maximum atomic E-state index is 7.08. The van der Waals surface area contributed by atoms with Gasteiger partial charge in [-0.1, -0.05) is 110 Å². The van der Waals surface area contributed by atoms with Gasteiger partial charge in [-0.3, -0.25) is 0 Å². The van der Waals surface area contributed by atoms with Gasteiger partial charge in [0, 0.05) is 0 Å². The van der Waals surface area contributed by atoms with Gasteiger partial charge >= 0.3 is 29.6 Å². The summed E-state index contributed by atoms with van der Waals surface area (Å²) >= 11 is 0. The summed E-state index contributed by atoms with van der Waals surface area (Å²) in [4.78, 5) is 0. The van der Waals surface area contributed by atoms with Crippen LogP contribution in [0.2, 0.25) is 0 Å². The molecule has 1 N–H and O–H groups in total. The van der Waals surface area contributed by atoms with E-state index in [2.05, 4.69) is 6.92 Å². The molecule has 0 saturated heterocycles. The molecular formula is C18H38NNa. The molecule has 0 aromatic carbocycles. The van der Waals surface area contributed by atoms with Crippen molar-refractivity contribution in [2.24, 2.45) is 0 Å². The van der Waals surface area contributed by atoms with Gasteiger partial charge in [0.15, 0.2) is 0 Å². The Morgan fingerprint density at radius 1 is 0.450 bits per heavy atom. The van der Waals surface area contributed by atoms with Crippen molar-refractivity contribution in [2.75, 3.05) is 6.54 Å². The first-order valence-corrected chi connectivity index (χ1v) is 9.06. The molecule has 0 heterocycles. The molecule has 20 heavy (non-hydrogen) atoms. The Kier molecular flexibility index (Phi) is 25.8. The van der Waals surface area contributed by atoms with Crippen molar-refractivity contribution in [3.8, 4) is 0 Å². The molecule has 0 radical (unpaired) electrons. The van der Waals surface area contributed by atoms with Crippen LogP contribution in [0.4, 0.5) is 0 Å². The molecule has 0 unspecified atom stereocenters. The van der Waals surface area contributed by atoms with Gasteiger partial charge in [-0.2, -0.15) is 6.54 Å². The van der Waals surface area contributed by atoms with E-state index in [1.54, 1.807) is 0 Å². The van der Waals surface area contributed by atoms with Crippen molar-refractivity contribution in [3.05, 3.63) is 5.73 Å². The average Bonchev–Trinajstić information content (AvgIpc) is 2.43. The van der Waals surface area contributed by atoms with Crippen molar-refractivity contribution >= 4 is 0 Å². The third kappa shape index (κ3) is 21.3. The van der Waals surface area contributed by atoms with Crippen molar-refractivity contribution in [2.45, 2.75) is 110 Å². The van der Waals surface area contributed by atoms with Gasteiger partial charge in [-0.15, -0.1) is 0 Å². The van der Waals surface area contributed by atoms with Crippen molar-refractivity contribution in [3.63, 3.8) is 0 Å². The monoisotopic (exact) mass is 291 g/mol. The summed E-state index contributed by atoms with van der Waals surface area (Å²) in [5, 5.41) is 0. The second-order valence-corrected chi connectivity index (χ2v) is 6.05. The molecule has 0 saturated carbocycles. The minimum Gasteiger partial charge on any atom is -0.677 e. The molecule has 2 heteroatoms. The van der Waals surface area contributed by atoms with Crippen LogP contribution in [0.3, 0.4) is 0 Å². The van der Waals surface area contributed by atoms with E-state index >= 15 is 0 Å². The van der Waals surface area contributed by atoms with E-state index in [0.29, 0.717) is 6.54 Å². The summed E-state index contributed by atoms with van der Waals surface area (Å²) in [7, 11) is 0. The second-order valence-electron chi connectivity index (χ2n) is 6.05. The van der Waals surface area contributed by atoms with Crippen LogP contribution in [-0.2, 0) is 0 Å². The Hall–Kier alpha value is 0.960. The fraction of sp³-hybridized carbons (Fsp3) is 1.00. The van der Waals surface area contributed by atoms with Crippen molar-refractivity contribution < 1.29 is 29.6 Å². The summed E-state index contributed by atoms with van der Waals surface area (Å²) in [6.07, 6.45) is 22.5. The minimum atomic E-state index is 0. The first kappa shape index (κ1) is 23.2. The first-order valence-electron chi connectivity index (χ1n) is 9.06. The fourth-order valence-electron chi connectivity index (χ4n) is 2.67. The number of rotatable bonds is 16. The van der Waals surface area contributed by atoms with Crippen molar-refractivity contribution in [1.29, 1.82) is 0 Å². The zero-order chi connectivity index (χ0) is 14.0. The summed E-state index contributed by atoms with van der Waals surface area (Å²) in [5.41, 5.74) is 7.08. The zero-order valence-corrected chi connectivity index (χ0v) is 16.5. The van der Waals surface area contributed by atoms with Crippen LogP contribution in [-0.4, -0.2) is 6.54 Å². The third-order valence-electron chi connectivity index (χ3n) is 4.03. The average molecular weight is 291 g/mol. The van der Waals surface area contributed by atoms with E-state index in [1.165, 1.54) is 96.3 Å². The summed E-state index contributed by atoms with van der Waals surface area (Å²) in [6, 6.07) is 0. The third-order valence-corrected chi connectivity index (χ3v) is 4.03. The summed E-state index contributed by atoms with van der Waals surface area (Å²) in [5.74, 6) is 0. The maximum absolute atomic E-state index is 7.08. The normalized spacial score (nSPS) is 10.5. The topological polar surface area (TPSA) is 23.8 Å². The minimum absolute atomic E-state index is 0. The molecular weight excluding hydrogens is 253 g/mol. The van der Waals surface area contributed by atoms with Crippen LogP contribution in [0.25, 0.3) is 5.73 Å². The van der Waals surface area contributed by atoms with Gasteiger partial charge in [0.05, 0.1) is 0 Å². The zero-order valence-electron chi connectivity index (χ0n) is 14.5. The summed E-state index contributed by atoms with van der Waals surface area (Å²) in [6.45, 7) is 2.91. The van der Waals surface area contributed by atoms with E-state index < -0.39 is 0 Å². The molecule has 0 spiro atoms. The Morgan fingerprint density at radius 2 is 0.700 bits per heavy atom. The molecule has 1 nitrogen and oxygen atoms in total. The Bertz CT molecular complexity index is 134. The van der Waals surface area contributed by atoms with E-state index in [0.717, 1.165) is 6.42 Å². The van der Waals surface area contributed by atoms with Crippen LogP contribution in [0, 0.1) is 0 Å². The predicted octanol–water partition coefficient (Wildman–Crippen LogP) is 4.30. The SMILES string of the molecule is CCCCCCCCCCCCCCCCCC[NH-].[Na+]. The molecule has 116 valence electrons. The van der Waals surface area contributed by atoms with Crippen LogP contribution in [0.1, 0.15) is 110 Å². The summed E-state index contributed by atoms with van der Waals surface area (Å²) < 4.78 is 0. The Labute approximate surface area is 151 Å². The fourth-order valence-corrected chi connectivity index (χ4v) is 2.67. The van der Waals surface area contributed by atoms with Gasteiger partial charge in [0.1, 0.15) is 0 Å². The van der Waals surface area contributed by atoms with Gasteiger partial charge in [-0.25, -0.2) is 0 Å². The maximum Gasteiger partial charge on any atom is 1.00 e. The molecule has 0 aliphatic rings. The van der Waals surface area contributed by atoms with Crippen LogP contribution >= 0.6 is 0 Å².